The Morgan fingerprint density at radius 3 is 2.73 bits per heavy atom. The molecule has 2 aliphatic carbocycles. The van der Waals surface area contributed by atoms with Gasteiger partial charge in [0.2, 0.25) is 0 Å². The number of fused-ring (bicyclic) bond motifs is 1. The molecule has 3 rings (SSSR count). The zero-order chi connectivity index (χ0) is 10.4. The molecule has 0 aliphatic heterocycles. The fourth-order valence-corrected chi connectivity index (χ4v) is 3.23. The minimum absolute atomic E-state index is 0.101. The highest BCUT2D eigenvalue weighted by molar-refractivity contribution is 5.30. The average molecular weight is 204 g/mol. The van der Waals surface area contributed by atoms with Crippen LogP contribution in [0.15, 0.2) is 18.2 Å². The molecule has 2 fully saturated rings. The second-order valence-electron chi connectivity index (χ2n) is 5.27. The topological polar surface area (TPSA) is 0 Å². The number of hydrogen-bond acceptors (Lipinski definition) is 0. The first-order valence-corrected chi connectivity index (χ1v) is 6.00. The Labute approximate surface area is 90.5 Å². The van der Waals surface area contributed by atoms with Gasteiger partial charge in [-0.05, 0) is 73.6 Å². The maximum atomic E-state index is 13.0. The average Bonchev–Trinajstić information content (AvgIpc) is 2.95. The number of halogens is 1. The van der Waals surface area contributed by atoms with Crippen LogP contribution in [0.4, 0.5) is 4.39 Å². The van der Waals surface area contributed by atoms with Crippen molar-refractivity contribution in [1.29, 1.82) is 0 Å². The molecule has 0 radical (unpaired) electrons. The van der Waals surface area contributed by atoms with Crippen LogP contribution in [0.3, 0.4) is 0 Å². The summed E-state index contributed by atoms with van der Waals surface area (Å²) in [6.07, 6.45) is 5.51. The summed E-state index contributed by atoms with van der Waals surface area (Å²) >= 11 is 0. The van der Waals surface area contributed by atoms with Gasteiger partial charge in [0.05, 0.1) is 0 Å². The molecule has 1 heteroatoms. The van der Waals surface area contributed by atoms with E-state index < -0.39 is 0 Å². The van der Waals surface area contributed by atoms with Crippen molar-refractivity contribution in [2.75, 3.05) is 0 Å². The SMILES string of the molecule is Cc1cc(F)ccc1C1CCC2CC2C1. The van der Waals surface area contributed by atoms with Gasteiger partial charge < -0.3 is 0 Å². The lowest BCUT2D eigenvalue weighted by Gasteiger charge is -2.23. The number of rotatable bonds is 1. The molecule has 0 aromatic heterocycles. The highest BCUT2D eigenvalue weighted by Gasteiger charge is 2.42. The van der Waals surface area contributed by atoms with Crippen LogP contribution in [0, 0.1) is 24.6 Å². The summed E-state index contributed by atoms with van der Waals surface area (Å²) in [4.78, 5) is 0. The van der Waals surface area contributed by atoms with Gasteiger partial charge in [0.15, 0.2) is 0 Å². The quantitative estimate of drug-likeness (QED) is 0.647. The van der Waals surface area contributed by atoms with Crippen LogP contribution in [-0.4, -0.2) is 0 Å². The molecule has 0 heterocycles. The molecule has 0 spiro atoms. The molecular weight excluding hydrogens is 187 g/mol. The van der Waals surface area contributed by atoms with Crippen molar-refractivity contribution in [2.45, 2.75) is 38.5 Å². The molecular formula is C14H17F. The second-order valence-corrected chi connectivity index (χ2v) is 5.27. The summed E-state index contributed by atoms with van der Waals surface area (Å²) in [5, 5.41) is 0. The zero-order valence-electron chi connectivity index (χ0n) is 9.17. The van der Waals surface area contributed by atoms with E-state index in [0.717, 1.165) is 17.4 Å². The van der Waals surface area contributed by atoms with Crippen molar-refractivity contribution in [3.8, 4) is 0 Å². The molecule has 3 atom stereocenters. The van der Waals surface area contributed by atoms with E-state index in [2.05, 4.69) is 0 Å². The van der Waals surface area contributed by atoms with Gasteiger partial charge in [-0.2, -0.15) is 0 Å². The van der Waals surface area contributed by atoms with E-state index in [-0.39, 0.29) is 5.82 Å². The van der Waals surface area contributed by atoms with Crippen LogP contribution in [-0.2, 0) is 0 Å². The third-order valence-electron chi connectivity index (χ3n) is 4.21. The second kappa shape index (κ2) is 3.33. The fraction of sp³-hybridized carbons (Fsp3) is 0.571. The van der Waals surface area contributed by atoms with Gasteiger partial charge in [-0.25, -0.2) is 4.39 Å². The Kier molecular flexibility index (Phi) is 2.08. The van der Waals surface area contributed by atoms with E-state index in [9.17, 15) is 4.39 Å². The molecule has 3 unspecified atom stereocenters. The van der Waals surface area contributed by atoms with E-state index in [1.807, 2.05) is 13.0 Å². The molecule has 0 saturated heterocycles. The van der Waals surface area contributed by atoms with Crippen LogP contribution in [0.1, 0.15) is 42.7 Å². The molecule has 0 nitrogen and oxygen atoms in total. The maximum Gasteiger partial charge on any atom is 0.123 e. The lowest BCUT2D eigenvalue weighted by molar-refractivity contribution is 0.422. The molecule has 1 aromatic carbocycles. The van der Waals surface area contributed by atoms with Crippen molar-refractivity contribution in [3.63, 3.8) is 0 Å². The molecule has 80 valence electrons. The molecule has 15 heavy (non-hydrogen) atoms. The van der Waals surface area contributed by atoms with Gasteiger partial charge in [-0.1, -0.05) is 6.07 Å². The summed E-state index contributed by atoms with van der Waals surface area (Å²) in [5.74, 6) is 2.64. The number of benzene rings is 1. The van der Waals surface area contributed by atoms with Crippen molar-refractivity contribution in [1.82, 2.24) is 0 Å². The molecule has 1 aromatic rings. The first kappa shape index (κ1) is 9.38. The standard InChI is InChI=1S/C14H17F/c1-9-6-13(15)4-5-14(9)11-3-2-10-7-12(10)8-11/h4-6,10-12H,2-3,7-8H2,1H3. The van der Waals surface area contributed by atoms with Crippen molar-refractivity contribution in [3.05, 3.63) is 35.1 Å². The van der Waals surface area contributed by atoms with Gasteiger partial charge in [0, 0.05) is 0 Å². The predicted octanol–water partition coefficient (Wildman–Crippen LogP) is 4.04. The summed E-state index contributed by atoms with van der Waals surface area (Å²) < 4.78 is 13.0. The summed E-state index contributed by atoms with van der Waals surface area (Å²) in [5.41, 5.74) is 2.53. The Morgan fingerprint density at radius 2 is 2.00 bits per heavy atom. The minimum atomic E-state index is -0.101. The Bertz CT molecular complexity index is 383. The van der Waals surface area contributed by atoms with Crippen LogP contribution in [0.25, 0.3) is 0 Å². The fourth-order valence-electron chi connectivity index (χ4n) is 3.23. The Hall–Kier alpha value is -0.850. The molecule has 2 saturated carbocycles. The molecule has 0 bridgehead atoms. The first-order chi connectivity index (χ1) is 7.24. The van der Waals surface area contributed by atoms with Gasteiger partial charge in [-0.3, -0.25) is 0 Å². The summed E-state index contributed by atoms with van der Waals surface area (Å²) in [6, 6.07) is 5.29. The number of aryl methyl sites for hydroxylation is 1. The zero-order valence-corrected chi connectivity index (χ0v) is 9.17. The van der Waals surface area contributed by atoms with Crippen LogP contribution in [0.2, 0.25) is 0 Å². The van der Waals surface area contributed by atoms with E-state index in [0.29, 0.717) is 5.92 Å². The van der Waals surface area contributed by atoms with E-state index >= 15 is 0 Å². The Morgan fingerprint density at radius 1 is 1.13 bits per heavy atom. The van der Waals surface area contributed by atoms with Crippen molar-refractivity contribution < 1.29 is 4.39 Å². The third-order valence-corrected chi connectivity index (χ3v) is 4.21. The van der Waals surface area contributed by atoms with E-state index in [1.54, 1.807) is 12.1 Å². The molecule has 0 amide bonds. The van der Waals surface area contributed by atoms with Crippen molar-refractivity contribution in [2.24, 2.45) is 11.8 Å². The van der Waals surface area contributed by atoms with Gasteiger partial charge in [-0.15, -0.1) is 0 Å². The predicted molar refractivity (Wildman–Crippen MR) is 59.3 cm³/mol. The maximum absolute atomic E-state index is 13.0. The lowest BCUT2D eigenvalue weighted by Crippen LogP contribution is -2.08. The summed E-state index contributed by atoms with van der Waals surface area (Å²) in [6.45, 7) is 2.04. The largest absolute Gasteiger partial charge is 0.207 e. The van der Waals surface area contributed by atoms with Crippen LogP contribution >= 0.6 is 0 Å². The first-order valence-electron chi connectivity index (χ1n) is 6.00. The van der Waals surface area contributed by atoms with E-state index in [1.165, 1.54) is 31.2 Å². The highest BCUT2D eigenvalue weighted by atomic mass is 19.1. The third kappa shape index (κ3) is 1.68. The van der Waals surface area contributed by atoms with Crippen molar-refractivity contribution >= 4 is 0 Å². The van der Waals surface area contributed by atoms with Gasteiger partial charge in [0.25, 0.3) is 0 Å². The monoisotopic (exact) mass is 204 g/mol. The molecule has 0 N–H and O–H groups in total. The normalized spacial score (nSPS) is 33.6. The lowest BCUT2D eigenvalue weighted by atomic mass is 9.82. The Balaban J connectivity index is 1.85. The van der Waals surface area contributed by atoms with Crippen LogP contribution < -0.4 is 0 Å². The minimum Gasteiger partial charge on any atom is -0.207 e. The summed E-state index contributed by atoms with van der Waals surface area (Å²) in [7, 11) is 0. The van der Waals surface area contributed by atoms with Gasteiger partial charge in [0.1, 0.15) is 5.82 Å². The smallest absolute Gasteiger partial charge is 0.123 e. The van der Waals surface area contributed by atoms with E-state index in [4.69, 9.17) is 0 Å². The van der Waals surface area contributed by atoms with Crippen LogP contribution in [0.5, 0.6) is 0 Å². The number of hydrogen-bond donors (Lipinski definition) is 0. The highest BCUT2D eigenvalue weighted by Crippen LogP contribution is 2.54. The van der Waals surface area contributed by atoms with Gasteiger partial charge >= 0.3 is 0 Å². The molecule has 2 aliphatic rings.